The van der Waals surface area contributed by atoms with Crippen LogP contribution < -0.4 is 0 Å². The van der Waals surface area contributed by atoms with Gasteiger partial charge in [0.25, 0.3) is 0 Å². The largest absolute Gasteiger partial charge is 0.365 e. The maximum absolute atomic E-state index is 5.62. The van der Waals surface area contributed by atoms with E-state index in [4.69, 9.17) is 9.47 Å². The summed E-state index contributed by atoms with van der Waals surface area (Å²) in [5.74, 6) is 0. The summed E-state index contributed by atoms with van der Waals surface area (Å²) in [6, 6.07) is 0. The quantitative estimate of drug-likeness (QED) is 0.650. The lowest BCUT2D eigenvalue weighted by atomic mass is 9.99. The molecule has 3 heteroatoms. The van der Waals surface area contributed by atoms with E-state index in [-0.39, 0.29) is 11.6 Å². The van der Waals surface area contributed by atoms with Gasteiger partial charge < -0.3 is 9.47 Å². The summed E-state index contributed by atoms with van der Waals surface area (Å²) >= 11 is 0. The molecule has 1 unspecified atom stereocenters. The predicted octanol–water partition coefficient (Wildman–Crippen LogP) is 2.07. The molecule has 1 aliphatic heterocycles. The van der Waals surface area contributed by atoms with Crippen molar-refractivity contribution in [2.45, 2.75) is 39.8 Å². The summed E-state index contributed by atoms with van der Waals surface area (Å²) in [6.45, 7) is 8.90. The summed E-state index contributed by atoms with van der Waals surface area (Å²) in [4.78, 5) is 2.14. The Morgan fingerprint density at radius 3 is 2.64 bits per heavy atom. The van der Waals surface area contributed by atoms with Gasteiger partial charge in [-0.3, -0.25) is 4.90 Å². The van der Waals surface area contributed by atoms with Gasteiger partial charge in [-0.25, -0.2) is 0 Å². The van der Waals surface area contributed by atoms with Crippen molar-refractivity contribution in [3.05, 3.63) is 0 Å². The molecule has 1 atom stereocenters. The molecule has 1 saturated heterocycles. The van der Waals surface area contributed by atoms with Crippen LogP contribution in [0.2, 0.25) is 0 Å². The first kappa shape index (κ1) is 12.0. The zero-order valence-electron chi connectivity index (χ0n) is 9.88. The van der Waals surface area contributed by atoms with Crippen LogP contribution in [0.3, 0.4) is 0 Å². The molecule has 14 heavy (non-hydrogen) atoms. The van der Waals surface area contributed by atoms with Gasteiger partial charge in [-0.05, 0) is 25.3 Å². The molecule has 0 aromatic carbocycles. The topological polar surface area (TPSA) is 21.7 Å². The maximum Gasteiger partial charge on any atom is 0.112 e. The number of hydrogen-bond donors (Lipinski definition) is 0. The molecule has 1 rings (SSSR count). The van der Waals surface area contributed by atoms with Crippen molar-refractivity contribution in [2.24, 2.45) is 5.41 Å². The Hall–Kier alpha value is -0.120. The van der Waals surface area contributed by atoms with Crippen LogP contribution in [0.1, 0.15) is 33.6 Å². The Morgan fingerprint density at radius 2 is 2.14 bits per heavy atom. The lowest BCUT2D eigenvalue weighted by molar-refractivity contribution is -0.0789. The van der Waals surface area contributed by atoms with E-state index in [0.717, 1.165) is 19.6 Å². The Bertz CT molecular complexity index is 159. The van der Waals surface area contributed by atoms with Crippen molar-refractivity contribution >= 4 is 0 Å². The summed E-state index contributed by atoms with van der Waals surface area (Å²) < 4.78 is 11.2. The summed E-state index contributed by atoms with van der Waals surface area (Å²) in [5, 5.41) is 0. The Labute approximate surface area is 87.4 Å². The highest BCUT2D eigenvalue weighted by Gasteiger charge is 2.20. The van der Waals surface area contributed by atoms with Gasteiger partial charge in [0.1, 0.15) is 13.0 Å². The molecule has 1 fully saturated rings. The molecule has 0 spiro atoms. The summed E-state index contributed by atoms with van der Waals surface area (Å²) in [6.07, 6.45) is 2.58. The number of nitrogens with zero attached hydrogens (tertiary/aromatic N) is 1. The average Bonchev–Trinajstić information content (AvgIpc) is 2.53. The fourth-order valence-corrected chi connectivity index (χ4v) is 1.49. The van der Waals surface area contributed by atoms with Crippen LogP contribution in [0.15, 0.2) is 0 Å². The first-order valence-electron chi connectivity index (χ1n) is 5.39. The molecule has 0 amide bonds. The zero-order chi connectivity index (χ0) is 10.6. The van der Waals surface area contributed by atoms with Gasteiger partial charge in [0.15, 0.2) is 0 Å². The molecule has 0 radical (unpaired) electrons. The van der Waals surface area contributed by atoms with Crippen molar-refractivity contribution in [3.63, 3.8) is 0 Å². The summed E-state index contributed by atoms with van der Waals surface area (Å²) in [7, 11) is 2.05. The monoisotopic (exact) mass is 201 g/mol. The molecule has 0 N–H and O–H groups in total. The van der Waals surface area contributed by atoms with Crippen LogP contribution in [0, 0.1) is 5.41 Å². The summed E-state index contributed by atoms with van der Waals surface area (Å²) in [5.41, 5.74) is 0.247. The fraction of sp³-hybridized carbons (Fsp3) is 1.00. The average molecular weight is 201 g/mol. The third-order valence-electron chi connectivity index (χ3n) is 2.23. The molecule has 0 bridgehead atoms. The van der Waals surface area contributed by atoms with Gasteiger partial charge in [-0.2, -0.15) is 0 Å². The van der Waals surface area contributed by atoms with Gasteiger partial charge in [0.2, 0.25) is 0 Å². The Kier molecular flexibility index (Phi) is 4.35. The van der Waals surface area contributed by atoms with Crippen LogP contribution in [0.25, 0.3) is 0 Å². The molecule has 84 valence electrons. The van der Waals surface area contributed by atoms with Gasteiger partial charge >= 0.3 is 0 Å². The highest BCUT2D eigenvalue weighted by molar-refractivity contribution is 4.63. The highest BCUT2D eigenvalue weighted by atomic mass is 16.5. The third kappa shape index (κ3) is 4.40. The van der Waals surface area contributed by atoms with Gasteiger partial charge in [0, 0.05) is 6.61 Å². The second-order valence-corrected chi connectivity index (χ2v) is 5.26. The normalized spacial score (nSPS) is 23.4. The second-order valence-electron chi connectivity index (χ2n) is 5.26. The van der Waals surface area contributed by atoms with Crippen LogP contribution in [0.4, 0.5) is 0 Å². The van der Waals surface area contributed by atoms with Crippen LogP contribution in [0.5, 0.6) is 0 Å². The molecule has 1 heterocycles. The van der Waals surface area contributed by atoms with Crippen LogP contribution >= 0.6 is 0 Å². The Balaban J connectivity index is 2.11. The van der Waals surface area contributed by atoms with E-state index in [1.54, 1.807) is 0 Å². The molecule has 0 saturated carbocycles. The second kappa shape index (κ2) is 5.10. The number of rotatable bonds is 4. The molecule has 0 aliphatic carbocycles. The Morgan fingerprint density at radius 1 is 1.43 bits per heavy atom. The fourth-order valence-electron chi connectivity index (χ4n) is 1.49. The number of hydrogen-bond acceptors (Lipinski definition) is 3. The van der Waals surface area contributed by atoms with Crippen LogP contribution in [-0.2, 0) is 9.47 Å². The highest BCUT2D eigenvalue weighted by Crippen LogP contribution is 2.16. The van der Waals surface area contributed by atoms with Crippen molar-refractivity contribution in [2.75, 3.05) is 27.0 Å². The van der Waals surface area contributed by atoms with Crippen molar-refractivity contribution in [1.29, 1.82) is 0 Å². The van der Waals surface area contributed by atoms with Gasteiger partial charge in [-0.15, -0.1) is 0 Å². The molecular formula is C11H23NO2. The molecule has 0 aromatic rings. The van der Waals surface area contributed by atoms with Gasteiger partial charge in [0.05, 0.1) is 6.61 Å². The van der Waals surface area contributed by atoms with E-state index < -0.39 is 0 Å². The lowest BCUT2D eigenvalue weighted by Crippen LogP contribution is -2.34. The molecule has 3 nitrogen and oxygen atoms in total. The van der Waals surface area contributed by atoms with Gasteiger partial charge in [-0.1, -0.05) is 20.8 Å². The van der Waals surface area contributed by atoms with Crippen molar-refractivity contribution in [3.8, 4) is 0 Å². The van der Waals surface area contributed by atoms with E-state index >= 15 is 0 Å². The molecular weight excluding hydrogens is 178 g/mol. The number of ether oxygens (including phenoxy) is 2. The standard InChI is InChI=1S/C11H23NO2/c1-11(2,3)8-13-9-12(4)10-6-5-7-14-10/h10H,5-9H2,1-4H3. The van der Waals surface area contributed by atoms with E-state index in [9.17, 15) is 0 Å². The minimum atomic E-state index is 0.247. The first-order chi connectivity index (χ1) is 6.49. The minimum absolute atomic E-state index is 0.247. The SMILES string of the molecule is CN(COCC(C)(C)C)C1CCCO1. The van der Waals surface area contributed by atoms with E-state index in [1.165, 1.54) is 6.42 Å². The third-order valence-corrected chi connectivity index (χ3v) is 2.23. The van der Waals surface area contributed by atoms with Crippen molar-refractivity contribution < 1.29 is 9.47 Å². The minimum Gasteiger partial charge on any atom is -0.365 e. The molecule has 0 aromatic heterocycles. The predicted molar refractivity (Wildman–Crippen MR) is 57.0 cm³/mol. The maximum atomic E-state index is 5.62. The first-order valence-corrected chi connectivity index (χ1v) is 5.39. The van der Waals surface area contributed by atoms with E-state index in [2.05, 4.69) is 32.7 Å². The van der Waals surface area contributed by atoms with E-state index in [1.807, 2.05) is 0 Å². The smallest absolute Gasteiger partial charge is 0.112 e. The van der Waals surface area contributed by atoms with Crippen LogP contribution in [-0.4, -0.2) is 38.1 Å². The lowest BCUT2D eigenvalue weighted by Gasteiger charge is -2.25. The van der Waals surface area contributed by atoms with E-state index in [0.29, 0.717) is 6.73 Å². The van der Waals surface area contributed by atoms with Crippen molar-refractivity contribution in [1.82, 2.24) is 4.90 Å². The zero-order valence-corrected chi connectivity index (χ0v) is 9.88. The molecule has 1 aliphatic rings.